The fourth-order valence-corrected chi connectivity index (χ4v) is 3.23. The quantitative estimate of drug-likeness (QED) is 0.714. The molecule has 1 atom stereocenters. The molecule has 2 aromatic rings. The molecule has 0 aliphatic rings. The Morgan fingerprint density at radius 2 is 1.96 bits per heavy atom. The third-order valence-corrected chi connectivity index (χ3v) is 5.63. The summed E-state index contributed by atoms with van der Waals surface area (Å²) in [5, 5.41) is 12.5. The molecule has 0 saturated carbocycles. The average molecular weight is 401 g/mol. The van der Waals surface area contributed by atoms with Crippen molar-refractivity contribution in [3.05, 3.63) is 34.8 Å². The van der Waals surface area contributed by atoms with Crippen molar-refractivity contribution < 1.29 is 19.1 Å². The predicted molar refractivity (Wildman–Crippen MR) is 106 cm³/mol. The standard InChI is InChI=1S/C20H23N3O4S/c1-12(2)20(4,11-21)23-16(24)10-27-19(25)17-13(3)22-18(28-17)14-6-8-15(26-5)9-7-14/h6-9,12H,10H2,1-5H3,(H,23,24)/t20-/m1/s1. The Bertz CT molecular complexity index is 899. The van der Waals surface area contributed by atoms with Crippen LogP contribution in [0, 0.1) is 24.2 Å². The molecule has 0 fully saturated rings. The average Bonchev–Trinajstić information content (AvgIpc) is 3.07. The molecule has 0 spiro atoms. The minimum absolute atomic E-state index is 0.0899. The van der Waals surface area contributed by atoms with E-state index in [0.29, 0.717) is 15.6 Å². The molecule has 1 aromatic heterocycles. The van der Waals surface area contributed by atoms with Crippen molar-refractivity contribution in [3.63, 3.8) is 0 Å². The molecule has 7 nitrogen and oxygen atoms in total. The molecule has 0 unspecified atom stereocenters. The molecule has 0 radical (unpaired) electrons. The number of hydrogen-bond donors (Lipinski definition) is 1. The van der Waals surface area contributed by atoms with Crippen molar-refractivity contribution in [2.75, 3.05) is 13.7 Å². The lowest BCUT2D eigenvalue weighted by Gasteiger charge is -2.27. The van der Waals surface area contributed by atoms with Gasteiger partial charge in [0.15, 0.2) is 6.61 Å². The number of esters is 1. The van der Waals surface area contributed by atoms with Gasteiger partial charge in [-0.1, -0.05) is 13.8 Å². The number of carbonyl (C=O) groups excluding carboxylic acids is 2. The van der Waals surface area contributed by atoms with Crippen molar-refractivity contribution in [2.45, 2.75) is 33.2 Å². The first-order chi connectivity index (χ1) is 13.2. The smallest absolute Gasteiger partial charge is 0.350 e. The van der Waals surface area contributed by atoms with Crippen LogP contribution in [0.1, 0.15) is 36.1 Å². The van der Waals surface area contributed by atoms with Crippen LogP contribution >= 0.6 is 11.3 Å². The van der Waals surface area contributed by atoms with Crippen LogP contribution in [-0.4, -0.2) is 36.1 Å². The molecular formula is C20H23N3O4S. The van der Waals surface area contributed by atoms with E-state index in [0.717, 1.165) is 11.3 Å². The number of aryl methyl sites for hydroxylation is 1. The molecule has 1 heterocycles. The fraction of sp³-hybridized carbons (Fsp3) is 0.400. The molecule has 0 saturated heterocycles. The molecular weight excluding hydrogens is 378 g/mol. The summed E-state index contributed by atoms with van der Waals surface area (Å²) < 4.78 is 10.3. The first kappa shape index (κ1) is 21.4. The fourth-order valence-electron chi connectivity index (χ4n) is 2.27. The van der Waals surface area contributed by atoms with Crippen molar-refractivity contribution in [2.24, 2.45) is 5.92 Å². The summed E-state index contributed by atoms with van der Waals surface area (Å²) in [6, 6.07) is 9.42. The van der Waals surface area contributed by atoms with Gasteiger partial charge in [0.2, 0.25) is 0 Å². The van der Waals surface area contributed by atoms with Gasteiger partial charge in [0, 0.05) is 5.56 Å². The van der Waals surface area contributed by atoms with E-state index in [1.54, 1.807) is 21.0 Å². The van der Waals surface area contributed by atoms with E-state index >= 15 is 0 Å². The second-order valence-electron chi connectivity index (χ2n) is 6.76. The van der Waals surface area contributed by atoms with Gasteiger partial charge in [-0.2, -0.15) is 5.26 Å². The van der Waals surface area contributed by atoms with Gasteiger partial charge in [-0.15, -0.1) is 11.3 Å². The molecule has 0 aliphatic heterocycles. The van der Waals surface area contributed by atoms with E-state index in [1.807, 2.05) is 38.1 Å². The van der Waals surface area contributed by atoms with Crippen LogP contribution < -0.4 is 10.1 Å². The van der Waals surface area contributed by atoms with E-state index in [-0.39, 0.29) is 5.92 Å². The third kappa shape index (κ3) is 4.87. The lowest BCUT2D eigenvalue weighted by Crippen LogP contribution is -2.50. The highest BCUT2D eigenvalue weighted by Gasteiger charge is 2.30. The Morgan fingerprint density at radius 1 is 1.32 bits per heavy atom. The number of benzene rings is 1. The molecule has 2 rings (SSSR count). The highest BCUT2D eigenvalue weighted by Crippen LogP contribution is 2.29. The van der Waals surface area contributed by atoms with Crippen LogP contribution in [0.15, 0.2) is 24.3 Å². The number of ether oxygens (including phenoxy) is 2. The lowest BCUT2D eigenvalue weighted by atomic mass is 9.90. The molecule has 8 heteroatoms. The van der Waals surface area contributed by atoms with Gasteiger partial charge < -0.3 is 14.8 Å². The molecule has 148 valence electrons. The number of methoxy groups -OCH3 is 1. The summed E-state index contributed by atoms with van der Waals surface area (Å²) in [4.78, 5) is 29.2. The zero-order chi connectivity index (χ0) is 20.9. The number of nitrogens with zero attached hydrogens (tertiary/aromatic N) is 2. The number of thiazole rings is 1. The van der Waals surface area contributed by atoms with Gasteiger partial charge in [-0.05, 0) is 44.0 Å². The minimum atomic E-state index is -1.02. The SMILES string of the molecule is COc1ccc(-c2nc(C)c(C(=O)OCC(=O)N[C@](C)(C#N)C(C)C)s2)cc1. The summed E-state index contributed by atoms with van der Waals surface area (Å²) in [5.41, 5.74) is 0.364. The van der Waals surface area contributed by atoms with Crippen molar-refractivity contribution in [1.82, 2.24) is 10.3 Å². The van der Waals surface area contributed by atoms with Crippen molar-refractivity contribution in [1.29, 1.82) is 5.26 Å². The predicted octanol–water partition coefficient (Wildman–Crippen LogP) is 3.34. The Kier molecular flexibility index (Phi) is 6.75. The Hall–Kier alpha value is -2.92. The molecule has 1 N–H and O–H groups in total. The van der Waals surface area contributed by atoms with Crippen LogP contribution in [-0.2, 0) is 9.53 Å². The van der Waals surface area contributed by atoms with E-state index < -0.39 is 24.0 Å². The summed E-state index contributed by atoms with van der Waals surface area (Å²) in [7, 11) is 1.59. The number of rotatable bonds is 7. The minimum Gasteiger partial charge on any atom is -0.497 e. The summed E-state index contributed by atoms with van der Waals surface area (Å²) in [6.07, 6.45) is 0. The number of hydrogen-bond acceptors (Lipinski definition) is 7. The number of amides is 1. The zero-order valence-electron chi connectivity index (χ0n) is 16.5. The Balaban J connectivity index is 2.04. The molecule has 28 heavy (non-hydrogen) atoms. The van der Waals surface area contributed by atoms with Crippen LogP contribution in [0.5, 0.6) is 5.75 Å². The van der Waals surface area contributed by atoms with E-state index in [9.17, 15) is 14.9 Å². The third-order valence-electron chi connectivity index (χ3n) is 4.44. The van der Waals surface area contributed by atoms with Crippen LogP contribution in [0.3, 0.4) is 0 Å². The first-order valence-electron chi connectivity index (χ1n) is 8.71. The second-order valence-corrected chi connectivity index (χ2v) is 7.75. The molecule has 0 aliphatic carbocycles. The highest BCUT2D eigenvalue weighted by molar-refractivity contribution is 7.17. The summed E-state index contributed by atoms with van der Waals surface area (Å²) in [5.74, 6) is -0.502. The van der Waals surface area contributed by atoms with Gasteiger partial charge in [0.25, 0.3) is 5.91 Å². The number of nitrogens with one attached hydrogen (secondary N) is 1. The normalized spacial score (nSPS) is 12.8. The first-order valence-corrected chi connectivity index (χ1v) is 9.53. The summed E-state index contributed by atoms with van der Waals surface area (Å²) in [6.45, 7) is 6.55. The topological polar surface area (TPSA) is 101 Å². The van der Waals surface area contributed by atoms with Crippen LogP contribution in [0.25, 0.3) is 10.6 Å². The van der Waals surface area contributed by atoms with Crippen molar-refractivity contribution in [3.8, 4) is 22.4 Å². The van der Waals surface area contributed by atoms with Gasteiger partial charge in [-0.3, -0.25) is 4.79 Å². The second kappa shape index (κ2) is 8.85. The van der Waals surface area contributed by atoms with Crippen LogP contribution in [0.4, 0.5) is 0 Å². The molecule has 0 bridgehead atoms. The van der Waals surface area contributed by atoms with E-state index in [1.165, 1.54) is 11.3 Å². The van der Waals surface area contributed by atoms with Gasteiger partial charge in [0.1, 0.15) is 21.2 Å². The largest absolute Gasteiger partial charge is 0.497 e. The maximum absolute atomic E-state index is 12.4. The van der Waals surface area contributed by atoms with Crippen LogP contribution in [0.2, 0.25) is 0 Å². The lowest BCUT2D eigenvalue weighted by molar-refractivity contribution is -0.125. The van der Waals surface area contributed by atoms with Crippen molar-refractivity contribution >= 4 is 23.2 Å². The maximum atomic E-state index is 12.4. The van der Waals surface area contributed by atoms with E-state index in [4.69, 9.17) is 9.47 Å². The summed E-state index contributed by atoms with van der Waals surface area (Å²) >= 11 is 1.20. The Labute approximate surface area is 168 Å². The molecule has 1 amide bonds. The number of aromatic nitrogens is 1. The zero-order valence-corrected chi connectivity index (χ0v) is 17.3. The number of carbonyl (C=O) groups is 2. The maximum Gasteiger partial charge on any atom is 0.350 e. The number of nitriles is 1. The van der Waals surface area contributed by atoms with Gasteiger partial charge >= 0.3 is 5.97 Å². The van der Waals surface area contributed by atoms with E-state index in [2.05, 4.69) is 16.4 Å². The van der Waals surface area contributed by atoms with Gasteiger partial charge in [-0.25, -0.2) is 9.78 Å². The molecule has 1 aromatic carbocycles. The monoisotopic (exact) mass is 401 g/mol. The Morgan fingerprint density at radius 3 is 2.50 bits per heavy atom. The van der Waals surface area contributed by atoms with Gasteiger partial charge in [0.05, 0.1) is 18.9 Å². The highest BCUT2D eigenvalue weighted by atomic mass is 32.1.